The van der Waals surface area contributed by atoms with Gasteiger partial charge in [-0.1, -0.05) is 0 Å². The second kappa shape index (κ2) is 12.1. The van der Waals surface area contributed by atoms with Crippen molar-refractivity contribution in [3.63, 3.8) is 0 Å². The number of hydrogen-bond acceptors (Lipinski definition) is 8. The molecule has 162 valence electrons. The third-order valence-corrected chi connectivity index (χ3v) is 4.29. The van der Waals surface area contributed by atoms with Crippen LogP contribution in [0.2, 0.25) is 0 Å². The van der Waals surface area contributed by atoms with Crippen LogP contribution in [0.4, 0.5) is 17.1 Å². The number of nitrogens with zero attached hydrogens (tertiary/aromatic N) is 3. The minimum atomic E-state index is 0.402. The summed E-state index contributed by atoms with van der Waals surface area (Å²) < 4.78 is 28.1. The minimum absolute atomic E-state index is 0.402. The highest BCUT2D eigenvalue weighted by Crippen LogP contribution is 2.32. The van der Waals surface area contributed by atoms with E-state index in [0.717, 1.165) is 11.4 Å². The minimum Gasteiger partial charge on any atom is -0.487 e. The Morgan fingerprint density at radius 2 is 1.10 bits per heavy atom. The molecule has 0 aliphatic carbocycles. The fourth-order valence-corrected chi connectivity index (χ4v) is 2.69. The predicted octanol–water partition coefficient (Wildman–Crippen LogP) is 3.99. The Hall–Kier alpha value is -2.68. The maximum absolute atomic E-state index is 5.86. The quantitative estimate of drug-likeness (QED) is 0.706. The molecule has 0 aromatic heterocycles. The molecule has 8 heteroatoms. The highest BCUT2D eigenvalue weighted by molar-refractivity contribution is 5.53. The summed E-state index contributed by atoms with van der Waals surface area (Å²) in [5.74, 6) is 1.24. The molecule has 0 saturated carbocycles. The Morgan fingerprint density at radius 3 is 1.70 bits per heavy atom. The van der Waals surface area contributed by atoms with Crippen molar-refractivity contribution >= 4 is 17.1 Å². The lowest BCUT2D eigenvalue weighted by molar-refractivity contribution is 0.00708. The zero-order chi connectivity index (χ0) is 21.0. The molecule has 0 fully saturated rings. The van der Waals surface area contributed by atoms with Crippen LogP contribution in [0.15, 0.2) is 52.7 Å². The lowest BCUT2D eigenvalue weighted by Crippen LogP contribution is -2.13. The molecule has 0 bridgehead atoms. The fourth-order valence-electron chi connectivity index (χ4n) is 2.69. The third-order valence-electron chi connectivity index (χ3n) is 4.29. The monoisotopic (exact) mass is 415 g/mol. The molecule has 0 radical (unpaired) electrons. The van der Waals surface area contributed by atoms with Crippen LogP contribution < -0.4 is 14.4 Å². The van der Waals surface area contributed by atoms with Gasteiger partial charge in [-0.15, -0.1) is 0 Å². The number of anilines is 1. The van der Waals surface area contributed by atoms with Crippen LogP contribution in [0.5, 0.6) is 11.5 Å². The molecule has 8 nitrogen and oxygen atoms in total. The Morgan fingerprint density at radius 1 is 0.600 bits per heavy atom. The SMILES string of the molecule is CN(C)c1ccc(N=Nc2ccc3c(c2)OCCOCCOCCOCCO3)cc1. The molecule has 1 aliphatic heterocycles. The Bertz CT molecular complexity index is 796. The summed E-state index contributed by atoms with van der Waals surface area (Å²) in [6.45, 7) is 3.90. The van der Waals surface area contributed by atoms with Crippen LogP contribution in [-0.4, -0.2) is 67.0 Å². The van der Waals surface area contributed by atoms with Gasteiger partial charge in [0.05, 0.1) is 51.0 Å². The first-order valence-electron chi connectivity index (χ1n) is 10.0. The number of rotatable bonds is 3. The van der Waals surface area contributed by atoms with Gasteiger partial charge < -0.3 is 28.6 Å². The normalized spacial score (nSPS) is 16.6. The third kappa shape index (κ3) is 7.29. The Labute approximate surface area is 177 Å². The highest BCUT2D eigenvalue weighted by atomic mass is 16.6. The maximum Gasteiger partial charge on any atom is 0.163 e. The van der Waals surface area contributed by atoms with Gasteiger partial charge in [-0.25, -0.2) is 0 Å². The molecule has 0 amide bonds. The van der Waals surface area contributed by atoms with Gasteiger partial charge in [0.15, 0.2) is 11.5 Å². The molecule has 1 aliphatic rings. The van der Waals surface area contributed by atoms with Gasteiger partial charge >= 0.3 is 0 Å². The summed E-state index contributed by atoms with van der Waals surface area (Å²) in [6, 6.07) is 13.4. The summed E-state index contributed by atoms with van der Waals surface area (Å²) >= 11 is 0. The van der Waals surface area contributed by atoms with E-state index in [4.69, 9.17) is 23.7 Å². The van der Waals surface area contributed by atoms with E-state index in [1.54, 1.807) is 0 Å². The van der Waals surface area contributed by atoms with E-state index in [0.29, 0.717) is 70.0 Å². The number of ether oxygens (including phenoxy) is 5. The molecule has 0 N–H and O–H groups in total. The van der Waals surface area contributed by atoms with Gasteiger partial charge in [0.2, 0.25) is 0 Å². The van der Waals surface area contributed by atoms with Crippen molar-refractivity contribution in [2.24, 2.45) is 10.2 Å². The number of hydrogen-bond donors (Lipinski definition) is 0. The van der Waals surface area contributed by atoms with Crippen molar-refractivity contribution < 1.29 is 23.7 Å². The zero-order valence-electron chi connectivity index (χ0n) is 17.6. The van der Waals surface area contributed by atoms with Gasteiger partial charge in [-0.05, 0) is 36.4 Å². The first-order chi connectivity index (χ1) is 14.7. The summed E-state index contributed by atoms with van der Waals surface area (Å²) in [5, 5.41) is 8.65. The van der Waals surface area contributed by atoms with Crippen molar-refractivity contribution in [1.82, 2.24) is 0 Å². The van der Waals surface area contributed by atoms with E-state index >= 15 is 0 Å². The van der Waals surface area contributed by atoms with E-state index in [1.165, 1.54) is 0 Å². The van der Waals surface area contributed by atoms with Crippen LogP contribution in [0, 0.1) is 0 Å². The summed E-state index contributed by atoms with van der Waals surface area (Å²) in [6.07, 6.45) is 0. The Kier molecular flexibility index (Phi) is 8.89. The van der Waals surface area contributed by atoms with E-state index in [9.17, 15) is 0 Å². The van der Waals surface area contributed by atoms with Crippen LogP contribution >= 0.6 is 0 Å². The molecular weight excluding hydrogens is 386 g/mol. The fraction of sp³-hybridized carbons (Fsp3) is 0.455. The summed E-state index contributed by atoms with van der Waals surface area (Å²) in [4.78, 5) is 2.04. The standard InChI is InChI=1S/C22H29N3O5/c1-25(2)20-6-3-18(4-7-20)23-24-19-5-8-21-22(17-19)30-16-14-28-12-10-26-9-11-27-13-15-29-21/h3-8,17H,9-16H2,1-2H3. The van der Waals surface area contributed by atoms with Crippen molar-refractivity contribution in [3.05, 3.63) is 42.5 Å². The van der Waals surface area contributed by atoms with Gasteiger partial charge in [-0.3, -0.25) is 0 Å². The summed E-state index contributed by atoms with van der Waals surface area (Å²) in [7, 11) is 4.00. The first-order valence-corrected chi connectivity index (χ1v) is 10.0. The average Bonchev–Trinajstić information content (AvgIpc) is 2.77. The molecule has 0 atom stereocenters. The molecule has 30 heavy (non-hydrogen) atoms. The molecule has 3 rings (SSSR count). The van der Waals surface area contributed by atoms with Crippen molar-refractivity contribution in [2.75, 3.05) is 71.9 Å². The molecule has 2 aromatic carbocycles. The van der Waals surface area contributed by atoms with Crippen LogP contribution in [0.1, 0.15) is 0 Å². The number of fused-ring (bicyclic) bond motifs is 1. The van der Waals surface area contributed by atoms with Crippen molar-refractivity contribution in [1.29, 1.82) is 0 Å². The maximum atomic E-state index is 5.86. The van der Waals surface area contributed by atoms with E-state index < -0.39 is 0 Å². The van der Waals surface area contributed by atoms with Crippen LogP contribution in [0.25, 0.3) is 0 Å². The molecular formula is C22H29N3O5. The van der Waals surface area contributed by atoms with Gasteiger partial charge in [0, 0.05) is 25.8 Å². The van der Waals surface area contributed by atoms with Crippen molar-refractivity contribution in [3.8, 4) is 11.5 Å². The number of azo groups is 1. The lowest BCUT2D eigenvalue weighted by atomic mass is 10.2. The topological polar surface area (TPSA) is 74.1 Å². The van der Waals surface area contributed by atoms with E-state index in [-0.39, 0.29) is 0 Å². The molecule has 1 heterocycles. The molecule has 0 unspecified atom stereocenters. The second-order valence-electron chi connectivity index (χ2n) is 6.78. The van der Waals surface area contributed by atoms with Crippen LogP contribution in [-0.2, 0) is 14.2 Å². The second-order valence-corrected chi connectivity index (χ2v) is 6.78. The number of benzene rings is 2. The highest BCUT2D eigenvalue weighted by Gasteiger charge is 2.08. The van der Waals surface area contributed by atoms with E-state index in [2.05, 4.69) is 10.2 Å². The van der Waals surface area contributed by atoms with Gasteiger partial charge in [0.25, 0.3) is 0 Å². The summed E-state index contributed by atoms with van der Waals surface area (Å²) in [5.41, 5.74) is 2.57. The smallest absolute Gasteiger partial charge is 0.163 e. The van der Waals surface area contributed by atoms with E-state index in [1.807, 2.05) is 61.5 Å². The van der Waals surface area contributed by atoms with Gasteiger partial charge in [0.1, 0.15) is 13.2 Å². The molecule has 2 aromatic rings. The predicted molar refractivity (Wildman–Crippen MR) is 115 cm³/mol. The largest absolute Gasteiger partial charge is 0.487 e. The zero-order valence-corrected chi connectivity index (χ0v) is 17.6. The Balaban J connectivity index is 1.67. The van der Waals surface area contributed by atoms with Crippen LogP contribution in [0.3, 0.4) is 0 Å². The average molecular weight is 415 g/mol. The molecule has 0 spiro atoms. The lowest BCUT2D eigenvalue weighted by Gasteiger charge is -2.13. The molecule has 0 saturated heterocycles. The first kappa shape index (κ1) is 22.0. The van der Waals surface area contributed by atoms with Gasteiger partial charge in [-0.2, -0.15) is 10.2 Å². The van der Waals surface area contributed by atoms with Crippen molar-refractivity contribution in [2.45, 2.75) is 0 Å².